The van der Waals surface area contributed by atoms with Crippen LogP contribution in [-0.2, 0) is 0 Å². The van der Waals surface area contributed by atoms with Gasteiger partial charge < -0.3 is 25.7 Å². The van der Waals surface area contributed by atoms with E-state index in [-0.39, 0.29) is 12.1 Å². The highest BCUT2D eigenvalue weighted by Crippen LogP contribution is 2.38. The molecule has 2 aromatic carbocycles. The van der Waals surface area contributed by atoms with Crippen molar-refractivity contribution in [3.05, 3.63) is 66.1 Å². The Bertz CT molecular complexity index is 1080. The van der Waals surface area contributed by atoms with Crippen molar-refractivity contribution >= 4 is 11.7 Å². The van der Waals surface area contributed by atoms with Gasteiger partial charge in [-0.25, -0.2) is 9.78 Å². The number of nitrogens with two attached hydrogens (primary N) is 1. The van der Waals surface area contributed by atoms with E-state index in [0.29, 0.717) is 36.7 Å². The number of nitrogens with one attached hydrogen (secondary N) is 2. The summed E-state index contributed by atoms with van der Waals surface area (Å²) in [6.45, 7) is 1.04. The number of imidazole rings is 1. The predicted molar refractivity (Wildman–Crippen MR) is 109 cm³/mol. The van der Waals surface area contributed by atoms with Gasteiger partial charge in [0.2, 0.25) is 0 Å². The van der Waals surface area contributed by atoms with Crippen LogP contribution in [0.5, 0.6) is 5.75 Å². The summed E-state index contributed by atoms with van der Waals surface area (Å²) in [6, 6.07) is 14.7. The number of rotatable bonds is 6. The molecule has 0 bridgehead atoms. The maximum Gasteiger partial charge on any atom is 0.319 e. The number of hydrogen-bond acceptors (Lipinski definition) is 5. The Hall–Kier alpha value is -3.83. The third-order valence-electron chi connectivity index (χ3n) is 4.79. The summed E-state index contributed by atoms with van der Waals surface area (Å²) >= 11 is 0. The number of nitrogens with zero attached hydrogens (tertiary/aromatic N) is 3. The number of carbonyl (C=O) groups excluding carboxylic acids is 1. The molecule has 29 heavy (non-hydrogen) atoms. The van der Waals surface area contributed by atoms with E-state index in [0.717, 1.165) is 16.8 Å². The minimum absolute atomic E-state index is 0.0149. The molecular formula is C21H20N6O2. The van der Waals surface area contributed by atoms with Crippen LogP contribution in [0, 0.1) is 11.3 Å². The Morgan fingerprint density at radius 2 is 2.17 bits per heavy atom. The Kier molecular flexibility index (Phi) is 5.14. The molecule has 0 spiro atoms. The lowest BCUT2D eigenvalue weighted by molar-refractivity contribution is 0.251. The number of ether oxygens (including phenoxy) is 1. The standard InChI is InChI=1S/C21H20N6O2/c22-7-8-29-20-9-15(6-5-14(20)10-23)26-21(28)25-12-19-17-4-2-1-3-16(17)18-11-24-13-27(18)19/h1-6,9,11,13,19H,7-8,12,22H2,(H2,25,26,28). The second-order valence-corrected chi connectivity index (χ2v) is 6.58. The fourth-order valence-corrected chi connectivity index (χ4v) is 3.49. The zero-order chi connectivity index (χ0) is 20.2. The number of benzene rings is 2. The molecular weight excluding hydrogens is 368 g/mol. The highest BCUT2D eigenvalue weighted by molar-refractivity contribution is 5.89. The number of fused-ring (bicyclic) bond motifs is 3. The first kappa shape index (κ1) is 18.5. The molecule has 4 rings (SSSR count). The molecule has 1 aromatic heterocycles. The van der Waals surface area contributed by atoms with Gasteiger partial charge in [0, 0.05) is 30.4 Å². The molecule has 8 heteroatoms. The van der Waals surface area contributed by atoms with Gasteiger partial charge in [-0.2, -0.15) is 5.26 Å². The van der Waals surface area contributed by atoms with Gasteiger partial charge in [-0.15, -0.1) is 0 Å². The number of amides is 2. The summed E-state index contributed by atoms with van der Waals surface area (Å²) in [6.07, 6.45) is 3.61. The summed E-state index contributed by atoms with van der Waals surface area (Å²) in [5, 5.41) is 14.9. The van der Waals surface area contributed by atoms with Crippen LogP contribution in [0.2, 0.25) is 0 Å². The average Bonchev–Trinajstić information content (AvgIpc) is 3.32. The summed E-state index contributed by atoms with van der Waals surface area (Å²) in [7, 11) is 0. The first-order valence-electron chi connectivity index (χ1n) is 9.24. The summed E-state index contributed by atoms with van der Waals surface area (Å²) in [5.74, 6) is 0.392. The molecule has 0 saturated carbocycles. The monoisotopic (exact) mass is 388 g/mol. The fraction of sp³-hybridized carbons (Fsp3) is 0.190. The Balaban J connectivity index is 1.43. The van der Waals surface area contributed by atoms with Gasteiger partial charge in [-0.3, -0.25) is 0 Å². The van der Waals surface area contributed by atoms with Crippen molar-refractivity contribution in [2.24, 2.45) is 5.73 Å². The maximum absolute atomic E-state index is 12.4. The molecule has 0 fully saturated rings. The molecule has 2 amide bonds. The second kappa shape index (κ2) is 8.04. The topological polar surface area (TPSA) is 118 Å². The number of anilines is 1. The molecule has 1 unspecified atom stereocenters. The summed E-state index contributed by atoms with van der Waals surface area (Å²) in [4.78, 5) is 16.7. The summed E-state index contributed by atoms with van der Waals surface area (Å²) < 4.78 is 7.54. The van der Waals surface area contributed by atoms with E-state index in [2.05, 4.69) is 38.4 Å². The molecule has 8 nitrogen and oxygen atoms in total. The lowest BCUT2D eigenvalue weighted by Crippen LogP contribution is -2.33. The van der Waals surface area contributed by atoms with E-state index >= 15 is 0 Å². The molecule has 1 atom stereocenters. The summed E-state index contributed by atoms with van der Waals surface area (Å²) in [5.41, 5.74) is 9.70. The number of hydrogen-bond donors (Lipinski definition) is 3. The number of carbonyl (C=O) groups is 1. The SMILES string of the molecule is N#Cc1ccc(NC(=O)NCC2c3ccccc3-c3cncn32)cc1OCCN. The molecule has 146 valence electrons. The largest absolute Gasteiger partial charge is 0.491 e. The van der Waals surface area contributed by atoms with Crippen molar-refractivity contribution in [2.45, 2.75) is 6.04 Å². The van der Waals surface area contributed by atoms with Crippen LogP contribution in [0.1, 0.15) is 17.2 Å². The average molecular weight is 388 g/mol. The smallest absolute Gasteiger partial charge is 0.319 e. The molecule has 1 aliphatic heterocycles. The van der Waals surface area contributed by atoms with Crippen molar-refractivity contribution in [1.29, 1.82) is 5.26 Å². The van der Waals surface area contributed by atoms with Crippen LogP contribution in [0.4, 0.5) is 10.5 Å². The van der Waals surface area contributed by atoms with E-state index in [4.69, 9.17) is 10.5 Å². The van der Waals surface area contributed by atoms with Crippen molar-refractivity contribution in [1.82, 2.24) is 14.9 Å². The van der Waals surface area contributed by atoms with Gasteiger partial charge in [0.15, 0.2) is 0 Å². The molecule has 2 heterocycles. The van der Waals surface area contributed by atoms with E-state index in [1.807, 2.05) is 18.3 Å². The Morgan fingerprint density at radius 3 is 3.00 bits per heavy atom. The molecule has 0 radical (unpaired) electrons. The number of urea groups is 1. The van der Waals surface area contributed by atoms with Crippen molar-refractivity contribution in [3.8, 4) is 23.1 Å². The second-order valence-electron chi connectivity index (χ2n) is 6.58. The number of aromatic nitrogens is 2. The van der Waals surface area contributed by atoms with Gasteiger partial charge in [0.1, 0.15) is 18.4 Å². The van der Waals surface area contributed by atoms with Gasteiger partial charge >= 0.3 is 6.03 Å². The predicted octanol–water partition coefficient (Wildman–Crippen LogP) is 2.48. The van der Waals surface area contributed by atoms with Crippen molar-refractivity contribution < 1.29 is 9.53 Å². The van der Waals surface area contributed by atoms with E-state index < -0.39 is 0 Å². The normalized spacial score (nSPS) is 13.9. The molecule has 0 aliphatic carbocycles. The lowest BCUT2D eigenvalue weighted by atomic mass is 10.0. The third kappa shape index (κ3) is 3.63. The highest BCUT2D eigenvalue weighted by atomic mass is 16.5. The highest BCUT2D eigenvalue weighted by Gasteiger charge is 2.28. The van der Waals surface area contributed by atoms with Crippen LogP contribution >= 0.6 is 0 Å². The molecule has 0 saturated heterocycles. The molecule has 1 aliphatic rings. The van der Waals surface area contributed by atoms with E-state index in [1.54, 1.807) is 24.5 Å². The van der Waals surface area contributed by atoms with Gasteiger partial charge in [0.25, 0.3) is 0 Å². The maximum atomic E-state index is 12.4. The van der Waals surface area contributed by atoms with Crippen LogP contribution in [0.15, 0.2) is 55.0 Å². The van der Waals surface area contributed by atoms with E-state index in [1.165, 1.54) is 0 Å². The zero-order valence-corrected chi connectivity index (χ0v) is 15.6. The van der Waals surface area contributed by atoms with Crippen molar-refractivity contribution in [2.75, 3.05) is 25.0 Å². The number of nitriles is 1. The van der Waals surface area contributed by atoms with Gasteiger partial charge in [-0.1, -0.05) is 24.3 Å². The quantitative estimate of drug-likeness (QED) is 0.600. The Labute approximate surface area is 167 Å². The van der Waals surface area contributed by atoms with Crippen molar-refractivity contribution in [3.63, 3.8) is 0 Å². The fourth-order valence-electron chi connectivity index (χ4n) is 3.49. The van der Waals surface area contributed by atoms with Crippen LogP contribution < -0.4 is 21.1 Å². The third-order valence-corrected chi connectivity index (χ3v) is 4.79. The van der Waals surface area contributed by atoms with Gasteiger partial charge in [0.05, 0.1) is 29.8 Å². The van der Waals surface area contributed by atoms with Gasteiger partial charge in [-0.05, 0) is 17.7 Å². The Morgan fingerprint density at radius 1 is 1.31 bits per heavy atom. The van der Waals surface area contributed by atoms with Crippen LogP contribution in [0.25, 0.3) is 11.3 Å². The first-order valence-corrected chi connectivity index (χ1v) is 9.24. The van der Waals surface area contributed by atoms with Crippen LogP contribution in [-0.4, -0.2) is 35.3 Å². The molecule has 4 N–H and O–H groups in total. The minimum Gasteiger partial charge on any atom is -0.491 e. The van der Waals surface area contributed by atoms with E-state index in [9.17, 15) is 10.1 Å². The minimum atomic E-state index is -0.342. The lowest BCUT2D eigenvalue weighted by Gasteiger charge is -2.16. The molecule has 3 aromatic rings. The first-order chi connectivity index (χ1) is 14.2. The zero-order valence-electron chi connectivity index (χ0n) is 15.6. The van der Waals surface area contributed by atoms with Crippen LogP contribution in [0.3, 0.4) is 0 Å².